The number of rotatable bonds is 2. The Morgan fingerprint density at radius 1 is 0.957 bits per heavy atom. The molecule has 0 atom stereocenters. The molecule has 2 nitrogen and oxygen atoms in total. The third-order valence-electron chi connectivity index (χ3n) is 4.70. The van der Waals surface area contributed by atoms with E-state index >= 15 is 0 Å². The van der Waals surface area contributed by atoms with Crippen molar-refractivity contribution in [1.82, 2.24) is 4.98 Å². The number of carbonyl (C=O) groups excluding carboxylic acids is 1. The number of aryl methyl sites for hydroxylation is 2. The van der Waals surface area contributed by atoms with Crippen molar-refractivity contribution in [2.24, 2.45) is 0 Å². The van der Waals surface area contributed by atoms with Gasteiger partial charge in [-0.3, -0.25) is 4.79 Å². The SMILES string of the molecule is Cc1ccc2c(C=O)c(-c3ccc(C(C)(C)C)cc3)[nH]c2c1C. The summed E-state index contributed by atoms with van der Waals surface area (Å²) in [5.74, 6) is 0. The monoisotopic (exact) mass is 305 g/mol. The molecule has 1 aromatic heterocycles. The molecule has 0 amide bonds. The number of aromatic amines is 1. The van der Waals surface area contributed by atoms with E-state index in [-0.39, 0.29) is 5.41 Å². The first kappa shape index (κ1) is 15.5. The van der Waals surface area contributed by atoms with E-state index in [1.807, 2.05) is 6.07 Å². The molecule has 0 radical (unpaired) electrons. The largest absolute Gasteiger partial charge is 0.354 e. The maximum absolute atomic E-state index is 11.7. The van der Waals surface area contributed by atoms with Crippen LogP contribution >= 0.6 is 0 Å². The van der Waals surface area contributed by atoms with Crippen LogP contribution in [0.5, 0.6) is 0 Å². The lowest BCUT2D eigenvalue weighted by atomic mass is 9.86. The second-order valence-corrected chi connectivity index (χ2v) is 7.29. The number of H-pyrrole nitrogens is 1. The highest BCUT2D eigenvalue weighted by Gasteiger charge is 2.17. The molecule has 0 saturated heterocycles. The first-order valence-electron chi connectivity index (χ1n) is 8.01. The molecule has 2 aromatic carbocycles. The lowest BCUT2D eigenvalue weighted by Gasteiger charge is -2.19. The number of fused-ring (bicyclic) bond motifs is 1. The van der Waals surface area contributed by atoms with Gasteiger partial charge in [0.25, 0.3) is 0 Å². The fourth-order valence-corrected chi connectivity index (χ4v) is 3.02. The van der Waals surface area contributed by atoms with Crippen molar-refractivity contribution in [3.05, 3.63) is 58.7 Å². The number of carbonyl (C=O) groups is 1. The van der Waals surface area contributed by atoms with Crippen molar-refractivity contribution < 1.29 is 4.79 Å². The molecule has 1 N–H and O–H groups in total. The number of benzene rings is 2. The highest BCUT2D eigenvalue weighted by atomic mass is 16.1. The molecule has 23 heavy (non-hydrogen) atoms. The Bertz CT molecular complexity index is 877. The van der Waals surface area contributed by atoms with Crippen molar-refractivity contribution in [2.75, 3.05) is 0 Å². The summed E-state index contributed by atoms with van der Waals surface area (Å²) in [7, 11) is 0. The van der Waals surface area contributed by atoms with Crippen molar-refractivity contribution in [2.45, 2.75) is 40.0 Å². The molecular formula is C21H23NO. The number of nitrogens with one attached hydrogen (secondary N) is 1. The van der Waals surface area contributed by atoms with Crippen LogP contribution in [0.1, 0.15) is 47.8 Å². The van der Waals surface area contributed by atoms with Crippen LogP contribution in [0, 0.1) is 13.8 Å². The lowest BCUT2D eigenvalue weighted by molar-refractivity contribution is 0.112. The third-order valence-corrected chi connectivity index (χ3v) is 4.70. The van der Waals surface area contributed by atoms with E-state index in [0.29, 0.717) is 0 Å². The van der Waals surface area contributed by atoms with Gasteiger partial charge in [0.1, 0.15) is 0 Å². The molecule has 0 fully saturated rings. The van der Waals surface area contributed by atoms with Gasteiger partial charge in [0.2, 0.25) is 0 Å². The summed E-state index contributed by atoms with van der Waals surface area (Å²) in [6, 6.07) is 12.6. The van der Waals surface area contributed by atoms with Crippen molar-refractivity contribution in [1.29, 1.82) is 0 Å². The Morgan fingerprint density at radius 2 is 1.61 bits per heavy atom. The van der Waals surface area contributed by atoms with Gasteiger partial charge in [-0.1, -0.05) is 57.2 Å². The van der Waals surface area contributed by atoms with Gasteiger partial charge in [-0.05, 0) is 41.5 Å². The van der Waals surface area contributed by atoms with Gasteiger partial charge in [-0.2, -0.15) is 0 Å². The van der Waals surface area contributed by atoms with Crippen molar-refractivity contribution >= 4 is 17.2 Å². The normalized spacial score (nSPS) is 11.9. The number of hydrogen-bond acceptors (Lipinski definition) is 1. The van der Waals surface area contributed by atoms with Gasteiger partial charge in [-0.15, -0.1) is 0 Å². The van der Waals surface area contributed by atoms with Crippen LogP contribution in [-0.4, -0.2) is 11.3 Å². The summed E-state index contributed by atoms with van der Waals surface area (Å²) in [5, 5.41) is 0.998. The van der Waals surface area contributed by atoms with E-state index in [1.54, 1.807) is 0 Å². The van der Waals surface area contributed by atoms with Crippen molar-refractivity contribution in [3.8, 4) is 11.3 Å². The molecule has 118 valence electrons. The zero-order chi connectivity index (χ0) is 16.8. The summed E-state index contributed by atoms with van der Waals surface area (Å²) in [6.45, 7) is 10.8. The fraction of sp³-hybridized carbons (Fsp3) is 0.286. The molecule has 2 heteroatoms. The predicted molar refractivity (Wildman–Crippen MR) is 97.3 cm³/mol. The van der Waals surface area contributed by atoms with E-state index in [1.165, 1.54) is 16.7 Å². The van der Waals surface area contributed by atoms with Crippen LogP contribution in [0.2, 0.25) is 0 Å². The van der Waals surface area contributed by atoms with Gasteiger partial charge < -0.3 is 4.98 Å². The Morgan fingerprint density at radius 3 is 2.17 bits per heavy atom. The van der Waals surface area contributed by atoms with Crippen LogP contribution in [0.25, 0.3) is 22.2 Å². The molecule has 0 bridgehead atoms. The average Bonchev–Trinajstić information content (AvgIpc) is 2.89. The fourth-order valence-electron chi connectivity index (χ4n) is 3.02. The average molecular weight is 305 g/mol. The summed E-state index contributed by atoms with van der Waals surface area (Å²) in [4.78, 5) is 15.1. The van der Waals surface area contributed by atoms with E-state index in [4.69, 9.17) is 0 Å². The second kappa shape index (κ2) is 5.38. The van der Waals surface area contributed by atoms with E-state index in [2.05, 4.69) is 69.9 Å². The standard InChI is InChI=1S/C21H23NO/c1-13-6-11-17-18(12-23)20(22-19(17)14(13)2)15-7-9-16(10-8-15)21(3,4)5/h6-12,22H,1-5H3. The summed E-state index contributed by atoms with van der Waals surface area (Å²) in [6.07, 6.45) is 0.959. The van der Waals surface area contributed by atoms with E-state index in [0.717, 1.165) is 34.0 Å². The molecule has 0 aliphatic rings. The quantitative estimate of drug-likeness (QED) is 0.617. The minimum atomic E-state index is 0.125. The maximum Gasteiger partial charge on any atom is 0.152 e. The van der Waals surface area contributed by atoms with Crippen LogP contribution in [0.3, 0.4) is 0 Å². The Balaban J connectivity index is 2.20. The van der Waals surface area contributed by atoms with Gasteiger partial charge in [-0.25, -0.2) is 0 Å². The molecule has 0 saturated carbocycles. The molecule has 0 spiro atoms. The van der Waals surface area contributed by atoms with E-state index < -0.39 is 0 Å². The summed E-state index contributed by atoms with van der Waals surface area (Å²) < 4.78 is 0. The highest BCUT2D eigenvalue weighted by molar-refractivity contribution is 6.05. The molecular weight excluding hydrogens is 282 g/mol. The molecule has 0 unspecified atom stereocenters. The lowest BCUT2D eigenvalue weighted by Crippen LogP contribution is -2.10. The minimum Gasteiger partial charge on any atom is -0.354 e. The Kier molecular flexibility index (Phi) is 3.63. The maximum atomic E-state index is 11.7. The second-order valence-electron chi connectivity index (χ2n) is 7.29. The summed E-state index contributed by atoms with van der Waals surface area (Å²) in [5.41, 5.74) is 7.59. The third kappa shape index (κ3) is 2.59. The first-order valence-corrected chi connectivity index (χ1v) is 8.01. The number of aldehydes is 1. The zero-order valence-corrected chi connectivity index (χ0v) is 14.4. The molecule has 3 aromatic rings. The van der Waals surface area contributed by atoms with Gasteiger partial charge in [0.05, 0.1) is 5.69 Å². The van der Waals surface area contributed by atoms with Crippen LogP contribution in [0.4, 0.5) is 0 Å². The van der Waals surface area contributed by atoms with Gasteiger partial charge >= 0.3 is 0 Å². The molecule has 0 aliphatic heterocycles. The Labute approximate surface area is 137 Å². The van der Waals surface area contributed by atoms with Crippen molar-refractivity contribution in [3.63, 3.8) is 0 Å². The smallest absolute Gasteiger partial charge is 0.152 e. The topological polar surface area (TPSA) is 32.9 Å². The van der Waals surface area contributed by atoms with Crippen LogP contribution in [0.15, 0.2) is 36.4 Å². The first-order chi connectivity index (χ1) is 10.8. The predicted octanol–water partition coefficient (Wildman–Crippen LogP) is 5.56. The molecule has 3 rings (SSSR count). The number of hydrogen-bond donors (Lipinski definition) is 1. The zero-order valence-electron chi connectivity index (χ0n) is 14.4. The van der Waals surface area contributed by atoms with Gasteiger partial charge in [0, 0.05) is 16.5 Å². The van der Waals surface area contributed by atoms with Crippen LogP contribution in [-0.2, 0) is 5.41 Å². The highest BCUT2D eigenvalue weighted by Crippen LogP contribution is 2.33. The minimum absolute atomic E-state index is 0.125. The van der Waals surface area contributed by atoms with Gasteiger partial charge in [0.15, 0.2) is 6.29 Å². The molecule has 1 heterocycles. The number of aromatic nitrogens is 1. The van der Waals surface area contributed by atoms with E-state index in [9.17, 15) is 4.79 Å². The van der Waals surface area contributed by atoms with Crippen LogP contribution < -0.4 is 0 Å². The summed E-state index contributed by atoms with van der Waals surface area (Å²) >= 11 is 0. The molecule has 0 aliphatic carbocycles. The Hall–Kier alpha value is -2.35.